The van der Waals surface area contributed by atoms with Crippen LogP contribution in [0.3, 0.4) is 0 Å². The molecule has 1 aromatic carbocycles. The van der Waals surface area contributed by atoms with Crippen LogP contribution in [0.2, 0.25) is 0 Å². The molecule has 0 bridgehead atoms. The van der Waals surface area contributed by atoms with Crippen molar-refractivity contribution in [3.8, 4) is 11.5 Å². The van der Waals surface area contributed by atoms with Crippen LogP contribution < -0.4 is 14.8 Å². The van der Waals surface area contributed by atoms with Gasteiger partial charge < -0.3 is 19.5 Å². The molecule has 1 aliphatic rings. The molecule has 0 radical (unpaired) electrons. The third-order valence-corrected chi connectivity index (χ3v) is 3.02. The van der Waals surface area contributed by atoms with Gasteiger partial charge in [-0.3, -0.25) is 0 Å². The minimum atomic E-state index is 0.241. The molecule has 1 aromatic rings. The summed E-state index contributed by atoms with van der Waals surface area (Å²) in [6.45, 7) is 4.73. The standard InChI is InChI=1S/C13H19NO3/c1-13(8-17-9-13)7-14-11-5-4-10(15-2)6-12(11)16-3/h4-6,14H,7-9H2,1-3H3. The molecule has 1 aliphatic heterocycles. The molecule has 0 saturated carbocycles. The second kappa shape index (κ2) is 4.84. The summed E-state index contributed by atoms with van der Waals surface area (Å²) in [5.74, 6) is 1.60. The molecule has 4 heteroatoms. The molecule has 0 atom stereocenters. The first-order chi connectivity index (χ1) is 8.17. The summed E-state index contributed by atoms with van der Waals surface area (Å²) in [4.78, 5) is 0. The van der Waals surface area contributed by atoms with E-state index in [9.17, 15) is 0 Å². The van der Waals surface area contributed by atoms with Crippen LogP contribution in [-0.2, 0) is 4.74 Å². The number of benzene rings is 1. The molecule has 94 valence electrons. The highest BCUT2D eigenvalue weighted by atomic mass is 16.5. The van der Waals surface area contributed by atoms with E-state index in [1.807, 2.05) is 18.2 Å². The van der Waals surface area contributed by atoms with E-state index in [4.69, 9.17) is 14.2 Å². The Morgan fingerprint density at radius 3 is 2.59 bits per heavy atom. The number of anilines is 1. The molecule has 0 amide bonds. The van der Waals surface area contributed by atoms with Crippen molar-refractivity contribution in [2.24, 2.45) is 5.41 Å². The maximum atomic E-state index is 5.33. The van der Waals surface area contributed by atoms with Gasteiger partial charge in [-0.2, -0.15) is 0 Å². The highest BCUT2D eigenvalue weighted by molar-refractivity contribution is 5.59. The van der Waals surface area contributed by atoms with Crippen LogP contribution in [-0.4, -0.2) is 34.0 Å². The first kappa shape index (κ1) is 12.0. The summed E-state index contributed by atoms with van der Waals surface area (Å²) >= 11 is 0. The zero-order valence-electron chi connectivity index (χ0n) is 10.6. The van der Waals surface area contributed by atoms with E-state index in [0.717, 1.165) is 36.9 Å². The molecule has 0 aliphatic carbocycles. The number of nitrogens with one attached hydrogen (secondary N) is 1. The molecule has 1 saturated heterocycles. The Morgan fingerprint density at radius 1 is 1.29 bits per heavy atom. The van der Waals surface area contributed by atoms with E-state index in [2.05, 4.69) is 12.2 Å². The normalized spacial score (nSPS) is 17.1. The van der Waals surface area contributed by atoms with E-state index in [0.29, 0.717) is 0 Å². The molecule has 0 spiro atoms. The summed E-state index contributed by atoms with van der Waals surface area (Å²) in [5, 5.41) is 3.40. The van der Waals surface area contributed by atoms with Crippen molar-refractivity contribution in [3.63, 3.8) is 0 Å². The first-order valence-electron chi connectivity index (χ1n) is 5.70. The predicted molar refractivity (Wildman–Crippen MR) is 67.0 cm³/mol. The number of hydrogen-bond acceptors (Lipinski definition) is 4. The Labute approximate surface area is 102 Å². The molecule has 0 unspecified atom stereocenters. The maximum Gasteiger partial charge on any atom is 0.145 e. The second-order valence-corrected chi connectivity index (χ2v) is 4.72. The quantitative estimate of drug-likeness (QED) is 0.851. The van der Waals surface area contributed by atoms with Crippen molar-refractivity contribution in [2.75, 3.05) is 39.3 Å². The van der Waals surface area contributed by atoms with E-state index < -0.39 is 0 Å². The van der Waals surface area contributed by atoms with Gasteiger partial charge in [0.1, 0.15) is 11.5 Å². The number of methoxy groups -OCH3 is 2. The van der Waals surface area contributed by atoms with Crippen molar-refractivity contribution in [1.29, 1.82) is 0 Å². The minimum absolute atomic E-state index is 0.241. The van der Waals surface area contributed by atoms with Gasteiger partial charge in [0.15, 0.2) is 0 Å². The lowest BCUT2D eigenvalue weighted by Crippen LogP contribution is -2.45. The number of rotatable bonds is 5. The molecule has 2 rings (SSSR count). The smallest absolute Gasteiger partial charge is 0.145 e. The minimum Gasteiger partial charge on any atom is -0.497 e. The van der Waals surface area contributed by atoms with Crippen LogP contribution in [0.4, 0.5) is 5.69 Å². The Kier molecular flexibility index (Phi) is 3.43. The number of ether oxygens (including phenoxy) is 3. The molecular formula is C13H19NO3. The largest absolute Gasteiger partial charge is 0.497 e. The van der Waals surface area contributed by atoms with Crippen LogP contribution in [0.15, 0.2) is 18.2 Å². The molecule has 17 heavy (non-hydrogen) atoms. The SMILES string of the molecule is COc1ccc(NCC2(C)COC2)c(OC)c1. The van der Waals surface area contributed by atoms with Crippen LogP contribution in [0, 0.1) is 5.41 Å². The van der Waals surface area contributed by atoms with Gasteiger partial charge in [0.25, 0.3) is 0 Å². The van der Waals surface area contributed by atoms with Crippen LogP contribution in [0.1, 0.15) is 6.92 Å². The monoisotopic (exact) mass is 237 g/mol. The fourth-order valence-corrected chi connectivity index (χ4v) is 1.81. The van der Waals surface area contributed by atoms with Crippen molar-refractivity contribution in [3.05, 3.63) is 18.2 Å². The highest BCUT2D eigenvalue weighted by Crippen LogP contribution is 2.32. The van der Waals surface area contributed by atoms with Crippen molar-refractivity contribution in [2.45, 2.75) is 6.92 Å². The Hall–Kier alpha value is -1.42. The highest BCUT2D eigenvalue weighted by Gasteiger charge is 2.33. The molecule has 0 aromatic heterocycles. The summed E-state index contributed by atoms with van der Waals surface area (Å²) < 4.78 is 15.7. The van der Waals surface area contributed by atoms with E-state index >= 15 is 0 Å². The van der Waals surface area contributed by atoms with E-state index in [1.54, 1.807) is 14.2 Å². The predicted octanol–water partition coefficient (Wildman–Crippen LogP) is 2.15. The maximum absolute atomic E-state index is 5.33. The Morgan fingerprint density at radius 2 is 2.06 bits per heavy atom. The third kappa shape index (κ3) is 2.64. The van der Waals surface area contributed by atoms with Gasteiger partial charge in [-0.1, -0.05) is 6.92 Å². The number of hydrogen-bond donors (Lipinski definition) is 1. The lowest BCUT2D eigenvalue weighted by atomic mass is 9.88. The van der Waals surface area contributed by atoms with E-state index in [1.165, 1.54) is 0 Å². The van der Waals surface area contributed by atoms with Gasteiger partial charge >= 0.3 is 0 Å². The zero-order valence-corrected chi connectivity index (χ0v) is 10.6. The summed E-state index contributed by atoms with van der Waals surface area (Å²) in [5.41, 5.74) is 1.23. The van der Waals surface area contributed by atoms with Gasteiger partial charge in [0.2, 0.25) is 0 Å². The molecule has 4 nitrogen and oxygen atoms in total. The van der Waals surface area contributed by atoms with Gasteiger partial charge in [-0.15, -0.1) is 0 Å². The summed E-state index contributed by atoms with van der Waals surface area (Å²) in [7, 11) is 3.31. The topological polar surface area (TPSA) is 39.7 Å². The molecule has 1 heterocycles. The lowest BCUT2D eigenvalue weighted by Gasteiger charge is -2.38. The van der Waals surface area contributed by atoms with Gasteiger partial charge in [0.05, 0.1) is 33.1 Å². The van der Waals surface area contributed by atoms with E-state index in [-0.39, 0.29) is 5.41 Å². The van der Waals surface area contributed by atoms with Gasteiger partial charge in [-0.05, 0) is 12.1 Å². The van der Waals surface area contributed by atoms with Crippen LogP contribution in [0.5, 0.6) is 11.5 Å². The lowest BCUT2D eigenvalue weighted by molar-refractivity contribution is -0.0924. The van der Waals surface area contributed by atoms with Gasteiger partial charge in [-0.25, -0.2) is 0 Å². The Bertz CT molecular complexity index is 388. The molecule has 1 fully saturated rings. The average Bonchev–Trinajstić information content (AvgIpc) is 2.33. The van der Waals surface area contributed by atoms with Crippen molar-refractivity contribution in [1.82, 2.24) is 0 Å². The fraction of sp³-hybridized carbons (Fsp3) is 0.538. The fourth-order valence-electron chi connectivity index (χ4n) is 1.81. The van der Waals surface area contributed by atoms with Gasteiger partial charge in [0, 0.05) is 18.0 Å². The van der Waals surface area contributed by atoms with Crippen LogP contribution in [0.25, 0.3) is 0 Å². The first-order valence-corrected chi connectivity index (χ1v) is 5.70. The molecular weight excluding hydrogens is 218 g/mol. The van der Waals surface area contributed by atoms with Crippen LogP contribution >= 0.6 is 0 Å². The summed E-state index contributed by atoms with van der Waals surface area (Å²) in [6, 6.07) is 5.77. The second-order valence-electron chi connectivity index (χ2n) is 4.72. The average molecular weight is 237 g/mol. The molecule has 1 N–H and O–H groups in total. The van der Waals surface area contributed by atoms with Crippen molar-refractivity contribution >= 4 is 5.69 Å². The zero-order chi connectivity index (χ0) is 12.3. The van der Waals surface area contributed by atoms with Crippen molar-refractivity contribution < 1.29 is 14.2 Å². The Balaban J connectivity index is 2.04. The summed E-state index contributed by atoms with van der Waals surface area (Å²) in [6.07, 6.45) is 0. The third-order valence-electron chi connectivity index (χ3n) is 3.02.